The molecule has 7 heteroatoms. The summed E-state index contributed by atoms with van der Waals surface area (Å²) in [6.45, 7) is 5.54. The highest BCUT2D eigenvalue weighted by Crippen LogP contribution is 2.32. The Hall–Kier alpha value is -3.35. The standard InChI is InChI=1S/C21H22N4O3/c1-21(2,3)28-20(27)25-12-13-6-5-7-16(18(13)19(25)26)23-15-8-9-17-14(10-15)11-22-24(17)4/h5-11,23H,12H2,1-4H3. The first kappa shape index (κ1) is 18.0. The maximum atomic E-state index is 12.9. The van der Waals surface area contributed by atoms with Crippen LogP contribution >= 0.6 is 0 Å². The Balaban J connectivity index is 1.63. The lowest BCUT2D eigenvalue weighted by Crippen LogP contribution is -2.37. The fourth-order valence-corrected chi connectivity index (χ4v) is 3.33. The molecule has 3 aromatic rings. The Morgan fingerprint density at radius 3 is 2.75 bits per heavy atom. The van der Waals surface area contributed by atoms with Crippen LogP contribution < -0.4 is 5.32 Å². The molecule has 0 bridgehead atoms. The molecule has 4 rings (SSSR count). The molecule has 0 unspecified atom stereocenters. The van der Waals surface area contributed by atoms with Crippen molar-refractivity contribution in [2.75, 3.05) is 5.32 Å². The SMILES string of the molecule is Cn1ncc2cc(Nc3cccc4c3C(=O)N(C(=O)OC(C)(C)C)C4)ccc21. The molecule has 0 fully saturated rings. The van der Waals surface area contributed by atoms with Gasteiger partial charge in [-0.05, 0) is 50.6 Å². The Labute approximate surface area is 162 Å². The average Bonchev–Trinajstić information content (AvgIpc) is 3.15. The number of aryl methyl sites for hydroxylation is 1. The van der Waals surface area contributed by atoms with Crippen LogP contribution in [-0.4, -0.2) is 32.3 Å². The molecule has 1 N–H and O–H groups in total. The molecular weight excluding hydrogens is 356 g/mol. The monoisotopic (exact) mass is 378 g/mol. The second kappa shape index (κ2) is 6.37. The molecule has 2 amide bonds. The van der Waals surface area contributed by atoms with Gasteiger partial charge >= 0.3 is 6.09 Å². The lowest BCUT2D eigenvalue weighted by atomic mass is 10.1. The zero-order chi connectivity index (χ0) is 20.1. The van der Waals surface area contributed by atoms with E-state index in [4.69, 9.17) is 4.74 Å². The van der Waals surface area contributed by atoms with Gasteiger partial charge in [0.15, 0.2) is 0 Å². The third-order valence-corrected chi connectivity index (χ3v) is 4.58. The minimum atomic E-state index is -0.660. The molecule has 0 radical (unpaired) electrons. The first-order valence-electron chi connectivity index (χ1n) is 9.08. The van der Waals surface area contributed by atoms with Crippen LogP contribution in [0.5, 0.6) is 0 Å². The number of anilines is 2. The van der Waals surface area contributed by atoms with Crippen molar-refractivity contribution in [1.29, 1.82) is 0 Å². The van der Waals surface area contributed by atoms with Crippen molar-refractivity contribution in [3.05, 3.63) is 53.7 Å². The van der Waals surface area contributed by atoms with E-state index in [0.29, 0.717) is 11.3 Å². The average molecular weight is 378 g/mol. The van der Waals surface area contributed by atoms with Gasteiger partial charge in [0.2, 0.25) is 0 Å². The molecule has 7 nitrogen and oxygen atoms in total. The van der Waals surface area contributed by atoms with Crippen molar-refractivity contribution in [2.24, 2.45) is 7.05 Å². The summed E-state index contributed by atoms with van der Waals surface area (Å²) in [5.74, 6) is -0.352. The third-order valence-electron chi connectivity index (χ3n) is 4.58. The number of hydrogen-bond acceptors (Lipinski definition) is 5. The first-order valence-corrected chi connectivity index (χ1v) is 9.08. The number of nitrogens with zero attached hydrogens (tertiary/aromatic N) is 3. The number of fused-ring (bicyclic) bond motifs is 2. The molecule has 28 heavy (non-hydrogen) atoms. The van der Waals surface area contributed by atoms with Gasteiger partial charge in [0, 0.05) is 18.1 Å². The van der Waals surface area contributed by atoms with Crippen LogP contribution in [-0.2, 0) is 18.3 Å². The summed E-state index contributed by atoms with van der Waals surface area (Å²) in [6, 6.07) is 11.5. The smallest absolute Gasteiger partial charge is 0.417 e. The van der Waals surface area contributed by atoms with Crippen LogP contribution in [0, 0.1) is 0 Å². The molecule has 0 atom stereocenters. The summed E-state index contributed by atoms with van der Waals surface area (Å²) in [4.78, 5) is 26.5. The van der Waals surface area contributed by atoms with Gasteiger partial charge in [-0.2, -0.15) is 5.10 Å². The molecule has 0 saturated heterocycles. The highest BCUT2D eigenvalue weighted by atomic mass is 16.6. The van der Waals surface area contributed by atoms with Crippen molar-refractivity contribution in [2.45, 2.75) is 32.9 Å². The van der Waals surface area contributed by atoms with Gasteiger partial charge in [-0.25, -0.2) is 9.69 Å². The predicted octanol–water partition coefficient (Wildman–Crippen LogP) is 4.21. The Morgan fingerprint density at radius 1 is 1.21 bits per heavy atom. The van der Waals surface area contributed by atoms with Crippen LogP contribution in [0.15, 0.2) is 42.6 Å². The van der Waals surface area contributed by atoms with Gasteiger partial charge in [-0.15, -0.1) is 0 Å². The molecule has 0 saturated carbocycles. The number of hydrogen-bond donors (Lipinski definition) is 1. The van der Waals surface area contributed by atoms with Gasteiger partial charge in [0.05, 0.1) is 29.5 Å². The lowest BCUT2D eigenvalue weighted by Gasteiger charge is -2.23. The van der Waals surface area contributed by atoms with Crippen molar-refractivity contribution in [3.63, 3.8) is 0 Å². The van der Waals surface area contributed by atoms with Gasteiger partial charge < -0.3 is 10.1 Å². The van der Waals surface area contributed by atoms with E-state index in [9.17, 15) is 9.59 Å². The molecule has 1 aromatic heterocycles. The van der Waals surface area contributed by atoms with Gasteiger partial charge in [-0.3, -0.25) is 9.48 Å². The topological polar surface area (TPSA) is 76.5 Å². The Morgan fingerprint density at radius 2 is 2.00 bits per heavy atom. The van der Waals surface area contributed by atoms with Crippen molar-refractivity contribution >= 4 is 34.3 Å². The number of ether oxygens (including phenoxy) is 1. The number of imide groups is 1. The molecule has 0 spiro atoms. The lowest BCUT2D eigenvalue weighted by molar-refractivity contribution is 0.0248. The second-order valence-corrected chi connectivity index (χ2v) is 7.88. The summed E-state index contributed by atoms with van der Waals surface area (Å²) in [6.07, 6.45) is 1.17. The van der Waals surface area contributed by atoms with E-state index in [1.54, 1.807) is 27.0 Å². The minimum Gasteiger partial charge on any atom is -0.443 e. The van der Waals surface area contributed by atoms with Gasteiger partial charge in [0.1, 0.15) is 5.60 Å². The van der Waals surface area contributed by atoms with Crippen LogP contribution in [0.3, 0.4) is 0 Å². The zero-order valence-electron chi connectivity index (χ0n) is 16.3. The van der Waals surface area contributed by atoms with Crippen LogP contribution in [0.2, 0.25) is 0 Å². The number of rotatable bonds is 2. The van der Waals surface area contributed by atoms with Crippen molar-refractivity contribution in [1.82, 2.24) is 14.7 Å². The van der Waals surface area contributed by atoms with E-state index in [2.05, 4.69) is 10.4 Å². The molecule has 2 heterocycles. The third kappa shape index (κ3) is 3.19. The number of carbonyl (C=O) groups excluding carboxylic acids is 2. The Bertz CT molecular complexity index is 1090. The first-order chi connectivity index (χ1) is 13.2. The molecule has 1 aliphatic rings. The van der Waals surface area contributed by atoms with E-state index in [0.717, 1.165) is 27.1 Å². The number of benzene rings is 2. The fourth-order valence-electron chi connectivity index (χ4n) is 3.33. The van der Waals surface area contributed by atoms with E-state index >= 15 is 0 Å². The van der Waals surface area contributed by atoms with Crippen LogP contribution in [0.1, 0.15) is 36.7 Å². The normalized spacial score (nSPS) is 13.7. The summed E-state index contributed by atoms with van der Waals surface area (Å²) in [5, 5.41) is 8.56. The number of nitrogens with one attached hydrogen (secondary N) is 1. The highest BCUT2D eigenvalue weighted by molar-refractivity contribution is 6.10. The summed E-state index contributed by atoms with van der Waals surface area (Å²) >= 11 is 0. The number of aromatic nitrogens is 2. The van der Waals surface area contributed by atoms with Gasteiger partial charge in [-0.1, -0.05) is 12.1 Å². The number of amides is 2. The summed E-state index contributed by atoms with van der Waals surface area (Å²) in [7, 11) is 1.89. The van der Waals surface area contributed by atoms with E-state index in [1.165, 1.54) is 0 Å². The summed E-state index contributed by atoms with van der Waals surface area (Å²) in [5.41, 5.74) is 3.17. The predicted molar refractivity (Wildman–Crippen MR) is 107 cm³/mol. The maximum absolute atomic E-state index is 12.9. The van der Waals surface area contributed by atoms with E-state index < -0.39 is 11.7 Å². The van der Waals surface area contributed by atoms with E-state index in [-0.39, 0.29) is 12.5 Å². The molecule has 144 valence electrons. The number of carbonyl (C=O) groups is 2. The van der Waals surface area contributed by atoms with Crippen LogP contribution in [0.25, 0.3) is 10.9 Å². The van der Waals surface area contributed by atoms with E-state index in [1.807, 2.05) is 48.1 Å². The highest BCUT2D eigenvalue weighted by Gasteiger charge is 2.36. The molecule has 1 aliphatic heterocycles. The van der Waals surface area contributed by atoms with Crippen LogP contribution in [0.4, 0.5) is 16.2 Å². The summed E-state index contributed by atoms with van der Waals surface area (Å²) < 4.78 is 7.18. The fraction of sp³-hybridized carbons (Fsp3) is 0.286. The largest absolute Gasteiger partial charge is 0.443 e. The molecular formula is C21H22N4O3. The quantitative estimate of drug-likeness (QED) is 0.723. The Kier molecular flexibility index (Phi) is 4.10. The maximum Gasteiger partial charge on any atom is 0.417 e. The van der Waals surface area contributed by atoms with Crippen molar-refractivity contribution in [3.8, 4) is 0 Å². The molecule has 2 aromatic carbocycles. The second-order valence-electron chi connectivity index (χ2n) is 7.88. The zero-order valence-corrected chi connectivity index (χ0v) is 16.3. The van der Waals surface area contributed by atoms with Crippen molar-refractivity contribution < 1.29 is 14.3 Å². The molecule has 0 aliphatic carbocycles. The van der Waals surface area contributed by atoms with Gasteiger partial charge in [0.25, 0.3) is 5.91 Å². The minimum absolute atomic E-state index is 0.209.